The van der Waals surface area contributed by atoms with Crippen LogP contribution in [0.5, 0.6) is 0 Å². The molecule has 0 unspecified atom stereocenters. The van der Waals surface area contributed by atoms with Crippen LogP contribution in [0, 0.1) is 5.92 Å². The lowest BCUT2D eigenvalue weighted by atomic mass is 10.1. The fourth-order valence-corrected chi connectivity index (χ4v) is 3.44. The van der Waals surface area contributed by atoms with Gasteiger partial charge in [-0.1, -0.05) is 32.9 Å². The van der Waals surface area contributed by atoms with Gasteiger partial charge in [0, 0.05) is 25.6 Å². The molecule has 3 heterocycles. The van der Waals surface area contributed by atoms with Crippen LogP contribution in [-0.4, -0.2) is 32.3 Å². The van der Waals surface area contributed by atoms with Crippen molar-refractivity contribution < 1.29 is 9.32 Å². The largest absolute Gasteiger partial charge is 0.361 e. The summed E-state index contributed by atoms with van der Waals surface area (Å²) in [5.41, 5.74) is 2.48. The number of aryl methyl sites for hydroxylation is 1. The Bertz CT molecular complexity index is 744. The summed E-state index contributed by atoms with van der Waals surface area (Å²) in [6.07, 6.45) is 2.79. The summed E-state index contributed by atoms with van der Waals surface area (Å²) < 4.78 is 7.14. The Hall–Kier alpha value is -2.11. The number of carbonyl (C=O) groups is 1. The first kappa shape index (κ1) is 17.7. The molecule has 1 aliphatic heterocycles. The number of hydrogen-bond donors (Lipinski definition) is 0. The highest BCUT2D eigenvalue weighted by Gasteiger charge is 2.34. The molecule has 2 aromatic rings. The van der Waals surface area contributed by atoms with Crippen molar-refractivity contribution in [2.45, 2.75) is 58.9 Å². The monoisotopic (exact) mass is 344 g/mol. The highest BCUT2D eigenvalue weighted by atomic mass is 16.5. The zero-order valence-electron chi connectivity index (χ0n) is 15.8. The smallest absolute Gasteiger partial charge is 0.272 e. The van der Waals surface area contributed by atoms with Crippen LogP contribution in [0.4, 0.5) is 0 Å². The molecule has 0 radical (unpaired) electrons. The minimum absolute atomic E-state index is 0.00722. The molecule has 6 nitrogen and oxygen atoms in total. The molecule has 0 saturated carbocycles. The average molecular weight is 344 g/mol. The van der Waals surface area contributed by atoms with Crippen LogP contribution in [0.1, 0.15) is 80.1 Å². The van der Waals surface area contributed by atoms with Crippen LogP contribution in [0.25, 0.3) is 0 Å². The van der Waals surface area contributed by atoms with E-state index in [9.17, 15) is 4.79 Å². The van der Waals surface area contributed by atoms with E-state index in [-0.39, 0.29) is 11.9 Å². The fourth-order valence-electron chi connectivity index (χ4n) is 3.44. The quantitative estimate of drug-likeness (QED) is 0.829. The third-order valence-corrected chi connectivity index (χ3v) is 4.74. The summed E-state index contributed by atoms with van der Waals surface area (Å²) in [4.78, 5) is 15.0. The topological polar surface area (TPSA) is 64.2 Å². The van der Waals surface area contributed by atoms with Gasteiger partial charge >= 0.3 is 0 Å². The van der Waals surface area contributed by atoms with Crippen molar-refractivity contribution in [3.05, 3.63) is 35.0 Å². The molecule has 0 aromatic carbocycles. The van der Waals surface area contributed by atoms with E-state index in [2.05, 4.69) is 38.0 Å². The molecule has 3 rings (SSSR count). The van der Waals surface area contributed by atoms with Crippen molar-refractivity contribution in [2.24, 2.45) is 13.0 Å². The second-order valence-electron chi connectivity index (χ2n) is 7.71. The van der Waals surface area contributed by atoms with E-state index in [1.54, 1.807) is 4.68 Å². The molecule has 25 heavy (non-hydrogen) atoms. The third-order valence-electron chi connectivity index (χ3n) is 4.74. The fraction of sp³-hybridized carbons (Fsp3) is 0.632. The Morgan fingerprint density at radius 2 is 2.08 bits per heavy atom. The number of hydrogen-bond acceptors (Lipinski definition) is 4. The second-order valence-corrected chi connectivity index (χ2v) is 7.71. The van der Waals surface area contributed by atoms with Gasteiger partial charge in [-0.2, -0.15) is 5.10 Å². The molecule has 0 N–H and O–H groups in total. The summed E-state index contributed by atoms with van der Waals surface area (Å²) in [5.74, 6) is 1.71. The maximum atomic E-state index is 13.1. The number of nitrogens with zero attached hydrogens (tertiary/aromatic N) is 4. The number of carbonyl (C=O) groups excluding carboxylic acids is 1. The highest BCUT2D eigenvalue weighted by molar-refractivity contribution is 5.93. The second kappa shape index (κ2) is 7.02. The highest BCUT2D eigenvalue weighted by Crippen LogP contribution is 2.33. The van der Waals surface area contributed by atoms with E-state index in [1.807, 2.05) is 24.1 Å². The van der Waals surface area contributed by atoms with E-state index in [4.69, 9.17) is 4.52 Å². The van der Waals surface area contributed by atoms with Gasteiger partial charge in [-0.05, 0) is 31.2 Å². The maximum Gasteiger partial charge on any atom is 0.272 e. The first-order valence-electron chi connectivity index (χ1n) is 9.17. The van der Waals surface area contributed by atoms with Crippen LogP contribution < -0.4 is 0 Å². The molecule has 136 valence electrons. The van der Waals surface area contributed by atoms with Crippen molar-refractivity contribution in [1.82, 2.24) is 19.8 Å². The minimum atomic E-state index is -0.00722. The Balaban J connectivity index is 1.82. The molecule has 0 spiro atoms. The maximum absolute atomic E-state index is 13.1. The number of rotatable bonds is 5. The minimum Gasteiger partial charge on any atom is -0.361 e. The summed E-state index contributed by atoms with van der Waals surface area (Å²) in [5, 5.41) is 8.72. The molecule has 1 atom stereocenters. The summed E-state index contributed by atoms with van der Waals surface area (Å²) >= 11 is 0. The van der Waals surface area contributed by atoms with Crippen LogP contribution in [-0.2, 0) is 13.5 Å². The van der Waals surface area contributed by atoms with Gasteiger partial charge in [0.2, 0.25) is 0 Å². The van der Waals surface area contributed by atoms with E-state index < -0.39 is 0 Å². The Kier molecular flexibility index (Phi) is 4.97. The lowest BCUT2D eigenvalue weighted by Crippen LogP contribution is -2.32. The Morgan fingerprint density at radius 1 is 1.32 bits per heavy atom. The van der Waals surface area contributed by atoms with Gasteiger partial charge in [0.15, 0.2) is 0 Å². The molecule has 1 aliphatic rings. The predicted octanol–water partition coefficient (Wildman–Crippen LogP) is 3.71. The molecule has 1 amide bonds. The van der Waals surface area contributed by atoms with Crippen molar-refractivity contribution in [3.8, 4) is 0 Å². The van der Waals surface area contributed by atoms with Crippen molar-refractivity contribution in [2.75, 3.05) is 6.54 Å². The molecule has 2 aromatic heterocycles. The van der Waals surface area contributed by atoms with Crippen LogP contribution in [0.2, 0.25) is 0 Å². The van der Waals surface area contributed by atoms with Crippen molar-refractivity contribution in [3.63, 3.8) is 0 Å². The van der Waals surface area contributed by atoms with Gasteiger partial charge in [0.05, 0.1) is 11.7 Å². The molecule has 1 saturated heterocycles. The lowest BCUT2D eigenvalue weighted by molar-refractivity contribution is 0.0719. The van der Waals surface area contributed by atoms with Crippen LogP contribution in [0.15, 0.2) is 16.7 Å². The summed E-state index contributed by atoms with van der Waals surface area (Å²) in [7, 11) is 1.84. The van der Waals surface area contributed by atoms with Gasteiger partial charge < -0.3 is 9.42 Å². The van der Waals surface area contributed by atoms with E-state index in [0.717, 1.165) is 43.0 Å². The normalized spacial score (nSPS) is 17.9. The molecule has 0 aliphatic carbocycles. The summed E-state index contributed by atoms with van der Waals surface area (Å²) in [6, 6.07) is 3.92. The Morgan fingerprint density at radius 3 is 2.72 bits per heavy atom. The molecular formula is C19H28N4O2. The molecule has 1 fully saturated rings. The van der Waals surface area contributed by atoms with Gasteiger partial charge in [0.25, 0.3) is 5.91 Å². The number of likely N-dealkylation sites (tertiary alicyclic amines) is 1. The number of amides is 1. The third kappa shape index (κ3) is 3.62. The molecule has 0 bridgehead atoms. The van der Waals surface area contributed by atoms with E-state index in [0.29, 0.717) is 17.5 Å². The standard InChI is InChI=1S/C19H28N4O2/c1-12(2)9-14-10-17(22(5)20-14)19(24)23-8-6-7-16(23)15-11-18(13(3)4)25-21-15/h10-13,16H,6-9H2,1-5H3/t16-/m1/s1. The molecule has 6 heteroatoms. The zero-order chi connectivity index (χ0) is 18.1. The Labute approximate surface area is 149 Å². The summed E-state index contributed by atoms with van der Waals surface area (Å²) in [6.45, 7) is 9.21. The van der Waals surface area contributed by atoms with E-state index >= 15 is 0 Å². The molecular weight excluding hydrogens is 316 g/mol. The van der Waals surface area contributed by atoms with Crippen molar-refractivity contribution >= 4 is 5.91 Å². The van der Waals surface area contributed by atoms with Gasteiger partial charge in [-0.15, -0.1) is 0 Å². The predicted molar refractivity (Wildman–Crippen MR) is 95.4 cm³/mol. The first-order chi connectivity index (χ1) is 11.9. The van der Waals surface area contributed by atoms with Gasteiger partial charge in [-0.3, -0.25) is 9.48 Å². The van der Waals surface area contributed by atoms with E-state index in [1.165, 1.54) is 0 Å². The van der Waals surface area contributed by atoms with Gasteiger partial charge in [-0.25, -0.2) is 0 Å². The lowest BCUT2D eigenvalue weighted by Gasteiger charge is -2.22. The SMILES string of the molecule is CC(C)Cc1cc(C(=O)N2CCC[C@@H]2c2cc(C(C)C)on2)n(C)n1. The number of aromatic nitrogens is 3. The van der Waals surface area contributed by atoms with Gasteiger partial charge in [0.1, 0.15) is 17.1 Å². The van der Waals surface area contributed by atoms with Crippen LogP contribution in [0.3, 0.4) is 0 Å². The van der Waals surface area contributed by atoms with Crippen molar-refractivity contribution in [1.29, 1.82) is 0 Å². The van der Waals surface area contributed by atoms with Crippen LogP contribution >= 0.6 is 0 Å². The first-order valence-corrected chi connectivity index (χ1v) is 9.17. The average Bonchev–Trinajstić information content (AvgIpc) is 3.24. The zero-order valence-corrected chi connectivity index (χ0v) is 15.8.